The molecule has 0 aliphatic carbocycles. The van der Waals surface area contributed by atoms with Crippen LogP contribution in [-0.2, 0) is 9.53 Å². The number of rotatable bonds is 3. The Labute approximate surface area is 67.3 Å². The molecule has 2 atom stereocenters. The van der Waals surface area contributed by atoms with E-state index in [1.807, 2.05) is 7.05 Å². The molecule has 1 saturated heterocycles. The molecule has 0 saturated carbocycles. The van der Waals surface area contributed by atoms with Crippen molar-refractivity contribution in [2.45, 2.75) is 12.5 Å². The van der Waals surface area contributed by atoms with Gasteiger partial charge in [0.2, 0.25) is 0 Å². The van der Waals surface area contributed by atoms with E-state index in [1.165, 1.54) is 0 Å². The third kappa shape index (κ3) is 1.79. The number of ether oxygens (including phenoxy) is 1. The van der Waals surface area contributed by atoms with Gasteiger partial charge in [-0.1, -0.05) is 0 Å². The highest BCUT2D eigenvalue weighted by atomic mass is 16.5. The molecule has 1 rings (SSSR count). The molecule has 0 amide bonds. The maximum Gasteiger partial charge on any atom is 0.137 e. The zero-order valence-corrected chi connectivity index (χ0v) is 7.12. The summed E-state index contributed by atoms with van der Waals surface area (Å²) >= 11 is 0. The van der Waals surface area contributed by atoms with Crippen molar-refractivity contribution in [3.05, 3.63) is 0 Å². The summed E-state index contributed by atoms with van der Waals surface area (Å²) in [4.78, 5) is 12.7. The van der Waals surface area contributed by atoms with Gasteiger partial charge in [-0.25, -0.2) is 0 Å². The summed E-state index contributed by atoms with van der Waals surface area (Å²) in [7, 11) is 3.66. The van der Waals surface area contributed by atoms with Crippen LogP contribution >= 0.6 is 0 Å². The van der Waals surface area contributed by atoms with Gasteiger partial charge in [0.15, 0.2) is 0 Å². The highest BCUT2D eigenvalue weighted by Gasteiger charge is 2.30. The molecule has 3 nitrogen and oxygen atoms in total. The van der Waals surface area contributed by atoms with Crippen LogP contribution in [0.15, 0.2) is 0 Å². The minimum absolute atomic E-state index is 0.0787. The van der Waals surface area contributed by atoms with Gasteiger partial charge in [-0.3, -0.25) is 4.90 Å². The summed E-state index contributed by atoms with van der Waals surface area (Å²) in [6, 6.07) is 0.0787. The van der Waals surface area contributed by atoms with Crippen LogP contribution in [0.1, 0.15) is 6.42 Å². The van der Waals surface area contributed by atoms with Crippen molar-refractivity contribution in [2.24, 2.45) is 5.92 Å². The van der Waals surface area contributed by atoms with Crippen LogP contribution in [0.2, 0.25) is 0 Å². The predicted octanol–water partition coefficient (Wildman–Crippen LogP) is 0.152. The largest absolute Gasteiger partial charge is 0.384 e. The molecule has 64 valence electrons. The lowest BCUT2D eigenvalue weighted by Crippen LogP contribution is -2.32. The normalized spacial score (nSPS) is 32.5. The maximum atomic E-state index is 10.6. The lowest BCUT2D eigenvalue weighted by atomic mass is 10.0. The minimum atomic E-state index is 0.0787. The Morgan fingerprint density at radius 3 is 3.00 bits per heavy atom. The smallest absolute Gasteiger partial charge is 0.137 e. The Kier molecular flexibility index (Phi) is 3.02. The van der Waals surface area contributed by atoms with E-state index in [-0.39, 0.29) is 6.04 Å². The molecule has 0 N–H and O–H groups in total. The van der Waals surface area contributed by atoms with Crippen molar-refractivity contribution in [2.75, 3.05) is 27.3 Å². The molecule has 2 unspecified atom stereocenters. The first-order valence-electron chi connectivity index (χ1n) is 3.94. The molecule has 0 aromatic rings. The third-order valence-electron chi connectivity index (χ3n) is 2.36. The first-order valence-corrected chi connectivity index (χ1v) is 3.94. The van der Waals surface area contributed by atoms with Gasteiger partial charge in [0, 0.05) is 13.0 Å². The fraction of sp³-hybridized carbons (Fsp3) is 0.875. The average molecular weight is 157 g/mol. The number of aldehydes is 1. The van der Waals surface area contributed by atoms with Crippen LogP contribution in [0.25, 0.3) is 0 Å². The van der Waals surface area contributed by atoms with Gasteiger partial charge >= 0.3 is 0 Å². The van der Waals surface area contributed by atoms with Crippen LogP contribution in [0.5, 0.6) is 0 Å². The summed E-state index contributed by atoms with van der Waals surface area (Å²) in [6.07, 6.45) is 2.10. The quantitative estimate of drug-likeness (QED) is 0.546. The molecule has 1 aliphatic heterocycles. The van der Waals surface area contributed by atoms with Gasteiger partial charge < -0.3 is 9.53 Å². The van der Waals surface area contributed by atoms with Crippen molar-refractivity contribution in [1.82, 2.24) is 4.90 Å². The molecule has 0 aromatic carbocycles. The zero-order chi connectivity index (χ0) is 8.27. The lowest BCUT2D eigenvalue weighted by Gasteiger charge is -2.17. The van der Waals surface area contributed by atoms with Crippen molar-refractivity contribution in [3.8, 4) is 0 Å². The molecular formula is C8H15NO2. The second-order valence-corrected chi connectivity index (χ2v) is 3.11. The molecule has 3 heteroatoms. The number of carbonyl (C=O) groups excluding carboxylic acids is 1. The Morgan fingerprint density at radius 2 is 2.45 bits per heavy atom. The number of methoxy groups -OCH3 is 1. The molecule has 0 bridgehead atoms. The first kappa shape index (κ1) is 8.68. The molecule has 0 aromatic heterocycles. The van der Waals surface area contributed by atoms with Gasteiger partial charge in [-0.2, -0.15) is 0 Å². The van der Waals surface area contributed by atoms with Crippen molar-refractivity contribution < 1.29 is 9.53 Å². The van der Waals surface area contributed by atoms with Crippen LogP contribution in [0.4, 0.5) is 0 Å². The first-order chi connectivity index (χ1) is 5.29. The van der Waals surface area contributed by atoms with Gasteiger partial charge in [-0.15, -0.1) is 0 Å². The van der Waals surface area contributed by atoms with Crippen molar-refractivity contribution in [3.63, 3.8) is 0 Å². The van der Waals surface area contributed by atoms with E-state index in [4.69, 9.17) is 4.74 Å². The van der Waals surface area contributed by atoms with E-state index in [9.17, 15) is 4.79 Å². The van der Waals surface area contributed by atoms with Gasteiger partial charge in [0.05, 0.1) is 12.6 Å². The number of likely N-dealkylation sites (N-methyl/N-ethyl adjacent to an activating group) is 1. The number of carbonyl (C=O) groups is 1. The van der Waals surface area contributed by atoms with E-state index < -0.39 is 0 Å². The topological polar surface area (TPSA) is 29.5 Å². The van der Waals surface area contributed by atoms with Gasteiger partial charge in [0.25, 0.3) is 0 Å². The summed E-state index contributed by atoms with van der Waals surface area (Å²) in [5.74, 6) is 0.405. The van der Waals surface area contributed by atoms with Gasteiger partial charge in [0.1, 0.15) is 6.29 Å². The molecule has 1 fully saturated rings. The molecule has 0 radical (unpaired) electrons. The predicted molar refractivity (Wildman–Crippen MR) is 42.5 cm³/mol. The van der Waals surface area contributed by atoms with Crippen molar-refractivity contribution >= 4 is 6.29 Å². The second kappa shape index (κ2) is 3.83. The van der Waals surface area contributed by atoms with E-state index in [0.717, 1.165) is 19.3 Å². The standard InChI is InChI=1S/C8H15NO2/c1-9-4-3-7(6-11-2)8(9)5-10/h5,7-8H,3-4,6H2,1-2H3. The SMILES string of the molecule is COCC1CCN(C)C1C=O. The van der Waals surface area contributed by atoms with Gasteiger partial charge in [-0.05, 0) is 20.0 Å². The third-order valence-corrected chi connectivity index (χ3v) is 2.36. The zero-order valence-electron chi connectivity index (χ0n) is 7.12. The molecule has 1 aliphatic rings. The van der Waals surface area contributed by atoms with Crippen LogP contribution in [0.3, 0.4) is 0 Å². The average Bonchev–Trinajstić information content (AvgIpc) is 2.33. The highest BCUT2D eigenvalue weighted by molar-refractivity contribution is 5.58. The monoisotopic (exact) mass is 157 g/mol. The van der Waals surface area contributed by atoms with E-state index in [0.29, 0.717) is 12.5 Å². The Morgan fingerprint density at radius 1 is 1.73 bits per heavy atom. The lowest BCUT2D eigenvalue weighted by molar-refractivity contribution is -0.112. The molecule has 11 heavy (non-hydrogen) atoms. The summed E-state index contributed by atoms with van der Waals surface area (Å²) in [5, 5.41) is 0. The summed E-state index contributed by atoms with van der Waals surface area (Å²) in [5.41, 5.74) is 0. The number of hydrogen-bond donors (Lipinski definition) is 0. The highest BCUT2D eigenvalue weighted by Crippen LogP contribution is 2.20. The molecule has 0 spiro atoms. The second-order valence-electron chi connectivity index (χ2n) is 3.11. The number of nitrogens with zero attached hydrogens (tertiary/aromatic N) is 1. The van der Waals surface area contributed by atoms with Crippen LogP contribution in [-0.4, -0.2) is 44.5 Å². The maximum absolute atomic E-state index is 10.6. The van der Waals surface area contributed by atoms with E-state index in [2.05, 4.69) is 4.90 Å². The summed E-state index contributed by atoms with van der Waals surface area (Å²) in [6.45, 7) is 1.71. The number of hydrogen-bond acceptors (Lipinski definition) is 3. The fourth-order valence-corrected chi connectivity index (χ4v) is 1.66. The minimum Gasteiger partial charge on any atom is -0.384 e. The molecular weight excluding hydrogens is 142 g/mol. The van der Waals surface area contributed by atoms with Crippen LogP contribution < -0.4 is 0 Å². The van der Waals surface area contributed by atoms with E-state index in [1.54, 1.807) is 7.11 Å². The van der Waals surface area contributed by atoms with E-state index >= 15 is 0 Å². The Hall–Kier alpha value is -0.410. The summed E-state index contributed by atoms with van der Waals surface area (Å²) < 4.78 is 5.02. The fourth-order valence-electron chi connectivity index (χ4n) is 1.66. The molecule has 1 heterocycles. The number of likely N-dealkylation sites (tertiary alicyclic amines) is 1. The van der Waals surface area contributed by atoms with Crippen molar-refractivity contribution in [1.29, 1.82) is 0 Å². The Bertz CT molecular complexity index is 136. The Balaban J connectivity index is 2.46. The van der Waals surface area contributed by atoms with Crippen LogP contribution in [0, 0.1) is 5.92 Å².